The van der Waals surface area contributed by atoms with E-state index in [9.17, 15) is 22.8 Å². The molecule has 134 valence electrons. The van der Waals surface area contributed by atoms with Crippen LogP contribution in [0, 0.1) is 0 Å². The quantitative estimate of drug-likeness (QED) is 0.773. The first-order valence-corrected chi connectivity index (χ1v) is 7.41. The van der Waals surface area contributed by atoms with E-state index in [4.69, 9.17) is 0 Å². The van der Waals surface area contributed by atoms with Crippen molar-refractivity contribution < 1.29 is 22.5 Å². The van der Waals surface area contributed by atoms with Crippen LogP contribution in [0.5, 0.6) is 0 Å². The predicted octanol–water partition coefficient (Wildman–Crippen LogP) is 3.16. The van der Waals surface area contributed by atoms with Crippen LogP contribution in [0.1, 0.15) is 21.5 Å². The number of carbonyl (C=O) groups is 1. The molecule has 0 aliphatic rings. The summed E-state index contributed by atoms with van der Waals surface area (Å²) in [5.74, 6) is -0.282. The van der Waals surface area contributed by atoms with Crippen LogP contribution in [-0.4, -0.2) is 15.6 Å². The number of alkyl halides is 3. The molecular formula is C17H12F3N3O3. The van der Waals surface area contributed by atoms with Gasteiger partial charge in [0.15, 0.2) is 5.82 Å². The summed E-state index contributed by atoms with van der Waals surface area (Å²) in [6, 6.07) is 8.48. The standard InChI is InChI=1S/C17H12F3N3O3/c18-17(19,20)13-4-1-11(2-5-13)9-23-10-12(3-6-15(23)24)16(25)21-14-7-8-26-22-14/h1-8,10H,9H2,(H,21,22,25). The summed E-state index contributed by atoms with van der Waals surface area (Å²) in [4.78, 5) is 24.1. The Morgan fingerprint density at radius 1 is 1.12 bits per heavy atom. The van der Waals surface area contributed by atoms with Gasteiger partial charge in [0.1, 0.15) is 6.26 Å². The number of benzene rings is 1. The van der Waals surface area contributed by atoms with Crippen molar-refractivity contribution in [2.75, 3.05) is 5.32 Å². The average molecular weight is 363 g/mol. The summed E-state index contributed by atoms with van der Waals surface area (Å²) >= 11 is 0. The van der Waals surface area contributed by atoms with Gasteiger partial charge >= 0.3 is 6.18 Å². The molecule has 9 heteroatoms. The van der Waals surface area contributed by atoms with Crippen molar-refractivity contribution in [2.24, 2.45) is 0 Å². The van der Waals surface area contributed by atoms with E-state index in [0.717, 1.165) is 12.1 Å². The van der Waals surface area contributed by atoms with Crippen molar-refractivity contribution >= 4 is 11.7 Å². The van der Waals surface area contributed by atoms with E-state index >= 15 is 0 Å². The van der Waals surface area contributed by atoms with Crippen LogP contribution in [0.3, 0.4) is 0 Å². The third-order valence-electron chi connectivity index (χ3n) is 3.56. The molecule has 0 bridgehead atoms. The first kappa shape index (κ1) is 17.5. The van der Waals surface area contributed by atoms with Crippen LogP contribution in [0.15, 0.2) is 64.2 Å². The molecule has 0 unspecified atom stereocenters. The molecule has 0 radical (unpaired) electrons. The van der Waals surface area contributed by atoms with Gasteiger partial charge in [0.25, 0.3) is 11.5 Å². The van der Waals surface area contributed by atoms with Gasteiger partial charge in [-0.1, -0.05) is 17.3 Å². The highest BCUT2D eigenvalue weighted by Crippen LogP contribution is 2.29. The lowest BCUT2D eigenvalue weighted by Crippen LogP contribution is -2.22. The number of hydrogen-bond donors (Lipinski definition) is 1. The van der Waals surface area contributed by atoms with Crippen LogP contribution in [0.4, 0.5) is 19.0 Å². The lowest BCUT2D eigenvalue weighted by molar-refractivity contribution is -0.137. The highest BCUT2D eigenvalue weighted by atomic mass is 19.4. The number of halogens is 3. The summed E-state index contributed by atoms with van der Waals surface area (Å²) in [6.07, 6.45) is -1.80. The van der Waals surface area contributed by atoms with Gasteiger partial charge in [-0.2, -0.15) is 13.2 Å². The van der Waals surface area contributed by atoms with Crippen LogP contribution in [-0.2, 0) is 12.7 Å². The molecule has 0 saturated heterocycles. The topological polar surface area (TPSA) is 77.1 Å². The van der Waals surface area contributed by atoms with Crippen molar-refractivity contribution in [3.8, 4) is 0 Å². The van der Waals surface area contributed by atoms with Crippen LogP contribution < -0.4 is 10.9 Å². The van der Waals surface area contributed by atoms with Gasteiger partial charge in [0.2, 0.25) is 0 Å². The van der Waals surface area contributed by atoms with Gasteiger partial charge in [-0.25, -0.2) is 0 Å². The number of hydrogen-bond acceptors (Lipinski definition) is 4. The summed E-state index contributed by atoms with van der Waals surface area (Å²) in [5.41, 5.74) is -0.467. The maximum Gasteiger partial charge on any atom is 0.416 e. The molecule has 1 amide bonds. The number of nitrogens with one attached hydrogen (secondary N) is 1. The molecule has 0 fully saturated rings. The van der Waals surface area contributed by atoms with E-state index in [1.807, 2.05) is 0 Å². The zero-order valence-electron chi connectivity index (χ0n) is 13.2. The molecule has 1 aromatic carbocycles. The predicted molar refractivity (Wildman–Crippen MR) is 85.7 cm³/mol. The van der Waals surface area contributed by atoms with E-state index in [1.165, 1.54) is 47.4 Å². The number of aromatic nitrogens is 2. The molecular weight excluding hydrogens is 351 g/mol. The van der Waals surface area contributed by atoms with E-state index in [1.54, 1.807) is 0 Å². The molecule has 1 N–H and O–H groups in total. The number of pyridine rings is 1. The number of amides is 1. The summed E-state index contributed by atoms with van der Waals surface area (Å²) in [7, 11) is 0. The third kappa shape index (κ3) is 4.00. The van der Waals surface area contributed by atoms with Crippen molar-refractivity contribution in [1.29, 1.82) is 0 Å². The second-order valence-electron chi connectivity index (χ2n) is 5.42. The Kier molecular flexibility index (Phi) is 4.61. The zero-order chi connectivity index (χ0) is 18.7. The first-order valence-electron chi connectivity index (χ1n) is 7.41. The second kappa shape index (κ2) is 6.87. The smallest absolute Gasteiger partial charge is 0.363 e. The van der Waals surface area contributed by atoms with Gasteiger partial charge in [-0.3, -0.25) is 9.59 Å². The maximum absolute atomic E-state index is 12.6. The van der Waals surface area contributed by atoms with Gasteiger partial charge in [0.05, 0.1) is 17.7 Å². The number of nitrogens with zero attached hydrogens (tertiary/aromatic N) is 2. The molecule has 0 aliphatic carbocycles. The molecule has 6 nitrogen and oxygen atoms in total. The minimum atomic E-state index is -4.42. The Bertz CT molecular complexity index is 961. The van der Waals surface area contributed by atoms with Crippen LogP contribution in [0.2, 0.25) is 0 Å². The first-order chi connectivity index (χ1) is 12.3. The lowest BCUT2D eigenvalue weighted by Gasteiger charge is -2.10. The van der Waals surface area contributed by atoms with Crippen LogP contribution >= 0.6 is 0 Å². The monoisotopic (exact) mass is 363 g/mol. The van der Waals surface area contributed by atoms with E-state index in [-0.39, 0.29) is 23.5 Å². The van der Waals surface area contributed by atoms with Gasteiger partial charge in [-0.15, -0.1) is 0 Å². The normalized spacial score (nSPS) is 11.3. The van der Waals surface area contributed by atoms with Crippen molar-refractivity contribution in [3.63, 3.8) is 0 Å². The Morgan fingerprint density at radius 3 is 2.46 bits per heavy atom. The average Bonchev–Trinajstić information content (AvgIpc) is 3.09. The Hall–Kier alpha value is -3.36. The SMILES string of the molecule is O=C(Nc1ccon1)c1ccc(=O)n(Cc2ccc(C(F)(F)F)cc2)c1. The summed E-state index contributed by atoms with van der Waals surface area (Å²) in [6.45, 7) is 0.0298. The Labute approximate surface area is 144 Å². The number of anilines is 1. The van der Waals surface area contributed by atoms with E-state index in [2.05, 4.69) is 15.0 Å². The zero-order valence-corrected chi connectivity index (χ0v) is 13.2. The van der Waals surface area contributed by atoms with Gasteiger partial charge in [-0.05, 0) is 23.8 Å². The van der Waals surface area contributed by atoms with Gasteiger partial charge < -0.3 is 14.4 Å². The van der Waals surface area contributed by atoms with Crippen molar-refractivity contribution in [2.45, 2.75) is 12.7 Å². The molecule has 0 spiro atoms. The molecule has 0 aliphatic heterocycles. The van der Waals surface area contributed by atoms with E-state index in [0.29, 0.717) is 5.56 Å². The van der Waals surface area contributed by atoms with Gasteiger partial charge in [0, 0.05) is 18.3 Å². The van der Waals surface area contributed by atoms with Crippen molar-refractivity contribution in [3.05, 3.63) is 82.0 Å². The van der Waals surface area contributed by atoms with Crippen molar-refractivity contribution in [1.82, 2.24) is 9.72 Å². The summed E-state index contributed by atoms with van der Waals surface area (Å²) < 4.78 is 43.6. The largest absolute Gasteiger partial charge is 0.416 e. The molecule has 0 saturated carbocycles. The number of rotatable bonds is 4. The summed E-state index contributed by atoms with van der Waals surface area (Å²) in [5, 5.41) is 6.04. The molecule has 3 rings (SSSR count). The fourth-order valence-electron chi connectivity index (χ4n) is 2.25. The number of carbonyl (C=O) groups excluding carboxylic acids is 1. The Morgan fingerprint density at radius 2 is 1.85 bits per heavy atom. The molecule has 0 atom stereocenters. The van der Waals surface area contributed by atoms with Crippen LogP contribution in [0.25, 0.3) is 0 Å². The fraction of sp³-hybridized carbons (Fsp3) is 0.118. The molecule has 3 aromatic rings. The molecule has 2 aromatic heterocycles. The minimum absolute atomic E-state index is 0.0298. The second-order valence-corrected chi connectivity index (χ2v) is 5.42. The third-order valence-corrected chi connectivity index (χ3v) is 3.56. The Balaban J connectivity index is 1.79. The van der Waals surface area contributed by atoms with E-state index < -0.39 is 17.6 Å². The minimum Gasteiger partial charge on any atom is -0.363 e. The lowest BCUT2D eigenvalue weighted by atomic mass is 10.1. The highest BCUT2D eigenvalue weighted by Gasteiger charge is 2.29. The molecule has 2 heterocycles. The molecule has 26 heavy (non-hydrogen) atoms. The maximum atomic E-state index is 12.6. The fourth-order valence-corrected chi connectivity index (χ4v) is 2.25. The highest BCUT2D eigenvalue weighted by molar-refractivity contribution is 6.03.